The van der Waals surface area contributed by atoms with Crippen LogP contribution in [-0.4, -0.2) is 66.8 Å². The van der Waals surface area contributed by atoms with Crippen LogP contribution in [0.15, 0.2) is 18.2 Å². The summed E-state index contributed by atoms with van der Waals surface area (Å²) in [5.41, 5.74) is 0.384. The van der Waals surface area contributed by atoms with Crippen LogP contribution in [0.3, 0.4) is 0 Å². The minimum Gasteiger partial charge on any atom is -0.497 e. The predicted octanol–water partition coefficient (Wildman–Crippen LogP) is 1.29. The standard InChI is InChI=1S/C17H25FN2O3/c1-12-16(19(2)8-9-21)6-7-20(12)17(22)10-13-4-5-14(23-3)11-15(13)18/h4-5,11-12,16,21H,6-10H2,1-3H3/t12-,16-/m1/s1. The van der Waals surface area contributed by atoms with Crippen molar-refractivity contribution in [3.8, 4) is 5.75 Å². The molecule has 1 aliphatic rings. The quantitative estimate of drug-likeness (QED) is 0.857. The molecule has 1 fully saturated rings. The van der Waals surface area contributed by atoms with E-state index in [2.05, 4.69) is 4.90 Å². The molecule has 1 amide bonds. The lowest BCUT2D eigenvalue weighted by Crippen LogP contribution is -2.45. The molecular weight excluding hydrogens is 299 g/mol. The first-order valence-corrected chi connectivity index (χ1v) is 7.91. The maximum Gasteiger partial charge on any atom is 0.227 e. The van der Waals surface area contributed by atoms with Crippen molar-refractivity contribution >= 4 is 5.91 Å². The van der Waals surface area contributed by atoms with Gasteiger partial charge in [0, 0.05) is 31.2 Å². The molecule has 6 heteroatoms. The molecule has 0 radical (unpaired) electrons. The summed E-state index contributed by atoms with van der Waals surface area (Å²) in [6, 6.07) is 4.85. The highest BCUT2D eigenvalue weighted by atomic mass is 19.1. The number of hydrogen-bond acceptors (Lipinski definition) is 4. The molecule has 5 nitrogen and oxygen atoms in total. The Bertz CT molecular complexity index is 553. The normalized spacial score (nSPS) is 21.0. The number of ether oxygens (including phenoxy) is 1. The third-order valence-electron chi connectivity index (χ3n) is 4.66. The van der Waals surface area contributed by atoms with Gasteiger partial charge in [-0.05, 0) is 32.0 Å². The van der Waals surface area contributed by atoms with Crippen LogP contribution >= 0.6 is 0 Å². The van der Waals surface area contributed by atoms with E-state index in [9.17, 15) is 9.18 Å². The largest absolute Gasteiger partial charge is 0.497 e. The topological polar surface area (TPSA) is 53.0 Å². The van der Waals surface area contributed by atoms with E-state index in [1.165, 1.54) is 13.2 Å². The van der Waals surface area contributed by atoms with Gasteiger partial charge in [0.1, 0.15) is 11.6 Å². The van der Waals surface area contributed by atoms with Crippen LogP contribution in [0.4, 0.5) is 4.39 Å². The number of aliphatic hydroxyl groups is 1. The van der Waals surface area contributed by atoms with Crippen molar-refractivity contribution < 1.29 is 19.0 Å². The second-order valence-corrected chi connectivity index (χ2v) is 6.02. The van der Waals surface area contributed by atoms with Gasteiger partial charge in [-0.15, -0.1) is 0 Å². The SMILES string of the molecule is COc1ccc(CC(=O)N2CC[C@@H](N(C)CCO)[C@H]2C)c(F)c1. The number of amides is 1. The van der Waals surface area contributed by atoms with Gasteiger partial charge >= 0.3 is 0 Å². The van der Waals surface area contributed by atoms with E-state index < -0.39 is 5.82 Å². The summed E-state index contributed by atoms with van der Waals surface area (Å²) >= 11 is 0. The molecule has 0 unspecified atom stereocenters. The Morgan fingerprint density at radius 3 is 2.87 bits per heavy atom. The molecule has 0 bridgehead atoms. The van der Waals surface area contributed by atoms with Crippen molar-refractivity contribution in [2.45, 2.75) is 31.8 Å². The van der Waals surface area contributed by atoms with Crippen LogP contribution < -0.4 is 4.74 Å². The highest BCUT2D eigenvalue weighted by Gasteiger charge is 2.35. The number of likely N-dealkylation sites (N-methyl/N-ethyl adjacent to an activating group) is 1. The van der Waals surface area contributed by atoms with Gasteiger partial charge in [-0.25, -0.2) is 4.39 Å². The van der Waals surface area contributed by atoms with Crippen LogP contribution in [0.25, 0.3) is 0 Å². The van der Waals surface area contributed by atoms with E-state index in [1.807, 2.05) is 18.9 Å². The van der Waals surface area contributed by atoms with Gasteiger partial charge in [0.05, 0.1) is 20.1 Å². The van der Waals surface area contributed by atoms with Crippen molar-refractivity contribution in [2.75, 3.05) is 33.9 Å². The molecule has 1 heterocycles. The Morgan fingerprint density at radius 1 is 1.52 bits per heavy atom. The summed E-state index contributed by atoms with van der Waals surface area (Å²) in [6.45, 7) is 3.36. The number of halogens is 1. The monoisotopic (exact) mass is 324 g/mol. The highest BCUT2D eigenvalue weighted by Crippen LogP contribution is 2.24. The molecule has 2 atom stereocenters. The first-order valence-electron chi connectivity index (χ1n) is 7.91. The minimum atomic E-state index is -0.418. The number of carbonyl (C=O) groups excluding carboxylic acids is 1. The Morgan fingerprint density at radius 2 is 2.26 bits per heavy atom. The molecular formula is C17H25FN2O3. The number of methoxy groups -OCH3 is 1. The lowest BCUT2D eigenvalue weighted by Gasteiger charge is -2.30. The Labute approximate surface area is 136 Å². The number of nitrogens with zero attached hydrogens (tertiary/aromatic N) is 2. The fraction of sp³-hybridized carbons (Fsp3) is 0.588. The number of aliphatic hydroxyl groups excluding tert-OH is 1. The van der Waals surface area contributed by atoms with Crippen molar-refractivity contribution in [1.29, 1.82) is 0 Å². The number of carbonyl (C=O) groups is 1. The predicted molar refractivity (Wildman–Crippen MR) is 86.0 cm³/mol. The molecule has 23 heavy (non-hydrogen) atoms. The maximum absolute atomic E-state index is 14.0. The molecule has 1 N–H and O–H groups in total. The third kappa shape index (κ3) is 4.00. The van der Waals surface area contributed by atoms with E-state index >= 15 is 0 Å². The maximum atomic E-state index is 14.0. The summed E-state index contributed by atoms with van der Waals surface area (Å²) in [6.07, 6.45) is 0.922. The first kappa shape index (κ1) is 17.7. The zero-order valence-corrected chi connectivity index (χ0v) is 14.0. The average molecular weight is 324 g/mol. The summed E-state index contributed by atoms with van der Waals surface area (Å²) in [7, 11) is 3.43. The second-order valence-electron chi connectivity index (χ2n) is 6.02. The smallest absolute Gasteiger partial charge is 0.227 e. The van der Waals surface area contributed by atoms with E-state index in [1.54, 1.807) is 12.1 Å². The Kier molecular flexibility index (Phi) is 5.96. The van der Waals surface area contributed by atoms with Crippen LogP contribution in [0.2, 0.25) is 0 Å². The summed E-state index contributed by atoms with van der Waals surface area (Å²) in [4.78, 5) is 16.4. The fourth-order valence-electron chi connectivity index (χ4n) is 3.25. The molecule has 0 aliphatic carbocycles. The van der Waals surface area contributed by atoms with Gasteiger partial charge in [-0.1, -0.05) is 6.07 Å². The van der Waals surface area contributed by atoms with Gasteiger partial charge in [0.2, 0.25) is 5.91 Å². The zero-order valence-electron chi connectivity index (χ0n) is 14.0. The van der Waals surface area contributed by atoms with E-state index in [0.29, 0.717) is 24.4 Å². The van der Waals surface area contributed by atoms with E-state index in [4.69, 9.17) is 9.84 Å². The third-order valence-corrected chi connectivity index (χ3v) is 4.66. The van der Waals surface area contributed by atoms with Crippen LogP contribution in [0, 0.1) is 5.82 Å². The number of likely N-dealkylation sites (tertiary alicyclic amines) is 1. The zero-order chi connectivity index (χ0) is 17.0. The molecule has 1 aromatic rings. The van der Waals surface area contributed by atoms with Crippen LogP contribution in [0.1, 0.15) is 18.9 Å². The van der Waals surface area contributed by atoms with Crippen LogP contribution in [-0.2, 0) is 11.2 Å². The molecule has 2 rings (SSSR count). The van der Waals surface area contributed by atoms with Crippen LogP contribution in [0.5, 0.6) is 5.75 Å². The van der Waals surface area contributed by atoms with Crippen molar-refractivity contribution in [3.05, 3.63) is 29.6 Å². The van der Waals surface area contributed by atoms with Gasteiger partial charge in [0.15, 0.2) is 0 Å². The number of benzene rings is 1. The van der Waals surface area contributed by atoms with E-state index in [-0.39, 0.29) is 31.0 Å². The summed E-state index contributed by atoms with van der Waals surface area (Å²) in [5.74, 6) is -0.0427. The van der Waals surface area contributed by atoms with Gasteiger partial charge in [0.25, 0.3) is 0 Å². The van der Waals surface area contributed by atoms with Gasteiger partial charge < -0.3 is 14.7 Å². The summed E-state index contributed by atoms with van der Waals surface area (Å²) < 4.78 is 19.0. The number of hydrogen-bond donors (Lipinski definition) is 1. The van der Waals surface area contributed by atoms with Gasteiger partial charge in [-0.2, -0.15) is 0 Å². The lowest BCUT2D eigenvalue weighted by molar-refractivity contribution is -0.131. The highest BCUT2D eigenvalue weighted by molar-refractivity contribution is 5.79. The number of rotatable bonds is 6. The molecule has 1 aromatic carbocycles. The molecule has 0 saturated carbocycles. The second kappa shape index (κ2) is 7.75. The summed E-state index contributed by atoms with van der Waals surface area (Å²) in [5, 5.41) is 9.05. The van der Waals surface area contributed by atoms with Crippen molar-refractivity contribution in [1.82, 2.24) is 9.80 Å². The Hall–Kier alpha value is -1.66. The molecule has 1 aliphatic heterocycles. The van der Waals surface area contributed by atoms with Crippen molar-refractivity contribution in [3.63, 3.8) is 0 Å². The molecule has 0 spiro atoms. The fourth-order valence-corrected chi connectivity index (χ4v) is 3.25. The Balaban J connectivity index is 2.01. The minimum absolute atomic E-state index is 0.0522. The van der Waals surface area contributed by atoms with Crippen molar-refractivity contribution in [2.24, 2.45) is 0 Å². The molecule has 1 saturated heterocycles. The lowest BCUT2D eigenvalue weighted by atomic mass is 10.1. The first-order chi connectivity index (χ1) is 11.0. The average Bonchev–Trinajstić information content (AvgIpc) is 2.91. The van der Waals surface area contributed by atoms with E-state index in [0.717, 1.165) is 6.42 Å². The van der Waals surface area contributed by atoms with Gasteiger partial charge in [-0.3, -0.25) is 9.69 Å². The molecule has 0 aromatic heterocycles. The molecule has 128 valence electrons.